The van der Waals surface area contributed by atoms with Gasteiger partial charge in [-0.05, 0) is 17.2 Å². The van der Waals surface area contributed by atoms with Gasteiger partial charge in [-0.3, -0.25) is 4.79 Å². The van der Waals surface area contributed by atoms with Gasteiger partial charge in [0.15, 0.2) is 24.3 Å². The Labute approximate surface area is 233 Å². The van der Waals surface area contributed by atoms with Crippen LogP contribution in [0, 0.1) is 0 Å². The number of rotatable bonds is 13. The first-order chi connectivity index (χ1) is 19.5. The maximum atomic E-state index is 13.3. The Balaban J connectivity index is 1.67. The first-order valence-electron chi connectivity index (χ1n) is 12.7. The fraction of sp³-hybridized carbons (Fsp3) is 0.250. The van der Waals surface area contributed by atoms with Crippen LogP contribution < -0.4 is 0 Å². The predicted molar refractivity (Wildman–Crippen MR) is 147 cm³/mol. The van der Waals surface area contributed by atoms with Crippen LogP contribution in [0.15, 0.2) is 114 Å². The van der Waals surface area contributed by atoms with Gasteiger partial charge in [-0.25, -0.2) is 4.79 Å². The van der Waals surface area contributed by atoms with Gasteiger partial charge in [0, 0.05) is 19.8 Å². The van der Waals surface area contributed by atoms with E-state index in [-0.39, 0.29) is 36.1 Å². The highest BCUT2D eigenvalue weighted by molar-refractivity contribution is 6.00. The Morgan fingerprint density at radius 2 is 1.35 bits per heavy atom. The highest BCUT2D eigenvalue weighted by Crippen LogP contribution is 2.41. The zero-order valence-corrected chi connectivity index (χ0v) is 22.7. The molecule has 2 unspecified atom stereocenters. The topological polar surface area (TPSA) is 89.5 Å². The number of ether oxygens (including phenoxy) is 6. The van der Waals surface area contributed by atoms with E-state index < -0.39 is 24.5 Å². The number of Topliss-reactive ketones (excluding diaryl/α,β-unsaturated/α-hetero) is 1. The number of methoxy groups -OCH3 is 3. The average molecular weight is 545 g/mol. The van der Waals surface area contributed by atoms with Crippen molar-refractivity contribution in [3.05, 3.63) is 131 Å². The Bertz CT molecular complexity index is 1340. The standard InChI is InChI=1S/C32H32O8/c1-35-29-26(31(34)39-22-27(33)25-17-11-6-12-18-25)19-28(38-20-23-13-7-4-8-14-23)32(37-3,30(29)36-2)40-21-24-15-9-5-10-16-24/h4-19,30H,20-22H2,1-3H3. The van der Waals surface area contributed by atoms with Gasteiger partial charge in [0.2, 0.25) is 0 Å². The van der Waals surface area contributed by atoms with Gasteiger partial charge in [-0.2, -0.15) is 0 Å². The second-order valence-electron chi connectivity index (χ2n) is 8.89. The molecule has 208 valence electrons. The van der Waals surface area contributed by atoms with E-state index in [1.165, 1.54) is 27.4 Å². The van der Waals surface area contributed by atoms with E-state index >= 15 is 0 Å². The van der Waals surface area contributed by atoms with E-state index in [4.69, 9.17) is 28.4 Å². The predicted octanol–water partition coefficient (Wildman–Crippen LogP) is 5.00. The minimum absolute atomic E-state index is 0.0225. The molecule has 1 aliphatic carbocycles. The number of esters is 1. The molecule has 0 radical (unpaired) electrons. The minimum atomic E-state index is -1.60. The van der Waals surface area contributed by atoms with Crippen LogP contribution in [0.4, 0.5) is 0 Å². The molecule has 0 aromatic heterocycles. The summed E-state index contributed by atoms with van der Waals surface area (Å²) < 4.78 is 35.4. The summed E-state index contributed by atoms with van der Waals surface area (Å²) in [5.41, 5.74) is 2.24. The van der Waals surface area contributed by atoms with Crippen molar-refractivity contribution in [1.29, 1.82) is 0 Å². The second kappa shape index (κ2) is 13.7. The van der Waals surface area contributed by atoms with Crippen LogP contribution in [0.5, 0.6) is 0 Å². The van der Waals surface area contributed by atoms with Crippen molar-refractivity contribution in [1.82, 2.24) is 0 Å². The molecule has 0 heterocycles. The molecular formula is C32H32O8. The first-order valence-corrected chi connectivity index (χ1v) is 12.7. The van der Waals surface area contributed by atoms with Crippen molar-refractivity contribution < 1.29 is 38.0 Å². The van der Waals surface area contributed by atoms with E-state index in [9.17, 15) is 9.59 Å². The molecule has 3 aromatic carbocycles. The fourth-order valence-electron chi connectivity index (χ4n) is 4.36. The third kappa shape index (κ3) is 6.48. The highest BCUT2D eigenvalue weighted by atomic mass is 16.7. The van der Waals surface area contributed by atoms with Crippen molar-refractivity contribution >= 4 is 11.8 Å². The molecule has 4 rings (SSSR count). The van der Waals surface area contributed by atoms with Gasteiger partial charge < -0.3 is 28.4 Å². The summed E-state index contributed by atoms with van der Waals surface area (Å²) in [7, 11) is 4.32. The summed E-state index contributed by atoms with van der Waals surface area (Å²) in [6, 6.07) is 27.7. The van der Waals surface area contributed by atoms with Crippen LogP contribution in [0.2, 0.25) is 0 Å². The third-order valence-electron chi connectivity index (χ3n) is 6.41. The Hall–Kier alpha value is -4.24. The summed E-state index contributed by atoms with van der Waals surface area (Å²) in [6.45, 7) is -0.127. The maximum absolute atomic E-state index is 13.3. The van der Waals surface area contributed by atoms with Crippen LogP contribution in [-0.4, -0.2) is 51.6 Å². The number of hydrogen-bond acceptors (Lipinski definition) is 8. The summed E-state index contributed by atoms with van der Waals surface area (Å²) in [5, 5.41) is 0. The molecule has 3 aromatic rings. The Morgan fingerprint density at radius 3 is 1.90 bits per heavy atom. The molecule has 0 amide bonds. The SMILES string of the molecule is COC1=C(C(=O)OCC(=O)c2ccccc2)C=C(OCc2ccccc2)C(OC)(OCc2ccccc2)C1OC. The maximum Gasteiger partial charge on any atom is 0.342 e. The van der Waals surface area contributed by atoms with Gasteiger partial charge in [-0.15, -0.1) is 0 Å². The largest absolute Gasteiger partial charge is 0.497 e. The normalized spacial score (nSPS) is 18.6. The van der Waals surface area contributed by atoms with Crippen molar-refractivity contribution in [2.75, 3.05) is 27.9 Å². The molecule has 1 aliphatic rings. The van der Waals surface area contributed by atoms with E-state index in [0.29, 0.717) is 5.56 Å². The monoisotopic (exact) mass is 544 g/mol. The molecule has 2 atom stereocenters. The number of benzene rings is 3. The van der Waals surface area contributed by atoms with E-state index in [0.717, 1.165) is 11.1 Å². The summed E-state index contributed by atoms with van der Waals surface area (Å²) in [4.78, 5) is 25.9. The molecule has 0 bridgehead atoms. The molecule has 0 saturated carbocycles. The molecule has 0 saturated heterocycles. The smallest absolute Gasteiger partial charge is 0.342 e. The lowest BCUT2D eigenvalue weighted by molar-refractivity contribution is -0.276. The lowest BCUT2D eigenvalue weighted by Gasteiger charge is -2.42. The number of hydrogen-bond donors (Lipinski definition) is 0. The molecule has 0 fully saturated rings. The van der Waals surface area contributed by atoms with Gasteiger partial charge in [0.1, 0.15) is 17.9 Å². The zero-order chi connectivity index (χ0) is 28.4. The average Bonchev–Trinajstić information content (AvgIpc) is 3.02. The van der Waals surface area contributed by atoms with Crippen molar-refractivity contribution in [2.24, 2.45) is 0 Å². The molecule has 0 spiro atoms. The van der Waals surface area contributed by atoms with Crippen molar-refractivity contribution in [2.45, 2.75) is 25.1 Å². The fourth-order valence-corrected chi connectivity index (χ4v) is 4.36. The number of ketones is 1. The van der Waals surface area contributed by atoms with E-state index in [2.05, 4.69) is 0 Å². The zero-order valence-electron chi connectivity index (χ0n) is 22.7. The van der Waals surface area contributed by atoms with Crippen LogP contribution in [0.1, 0.15) is 21.5 Å². The Kier molecular flexibility index (Phi) is 9.86. The van der Waals surface area contributed by atoms with Gasteiger partial charge in [-0.1, -0.05) is 91.0 Å². The van der Waals surface area contributed by atoms with E-state index in [1.54, 1.807) is 30.3 Å². The summed E-state index contributed by atoms with van der Waals surface area (Å²) in [5.74, 6) is -2.43. The molecule has 8 heteroatoms. The van der Waals surface area contributed by atoms with Crippen LogP contribution >= 0.6 is 0 Å². The summed E-state index contributed by atoms with van der Waals surface area (Å²) >= 11 is 0. The van der Waals surface area contributed by atoms with Crippen molar-refractivity contribution in [3.63, 3.8) is 0 Å². The number of carbonyl (C=O) groups excluding carboxylic acids is 2. The van der Waals surface area contributed by atoms with Gasteiger partial charge in [0.05, 0.1) is 13.7 Å². The van der Waals surface area contributed by atoms with Crippen LogP contribution in [0.3, 0.4) is 0 Å². The summed E-state index contributed by atoms with van der Waals surface area (Å²) in [6.07, 6.45) is 0.413. The quantitative estimate of drug-likeness (QED) is 0.169. The third-order valence-corrected chi connectivity index (χ3v) is 6.41. The second-order valence-corrected chi connectivity index (χ2v) is 8.89. The molecular weight excluding hydrogens is 512 g/mol. The highest BCUT2D eigenvalue weighted by Gasteiger charge is 2.53. The molecule has 40 heavy (non-hydrogen) atoms. The molecule has 0 N–H and O–H groups in total. The lowest BCUT2D eigenvalue weighted by atomic mass is 9.93. The Morgan fingerprint density at radius 1 is 0.775 bits per heavy atom. The van der Waals surface area contributed by atoms with Crippen molar-refractivity contribution in [3.8, 4) is 0 Å². The van der Waals surface area contributed by atoms with Crippen LogP contribution in [0.25, 0.3) is 0 Å². The first kappa shape index (κ1) is 28.8. The molecule has 0 aliphatic heterocycles. The van der Waals surface area contributed by atoms with Crippen LogP contribution in [-0.2, 0) is 46.4 Å². The minimum Gasteiger partial charge on any atom is -0.497 e. The van der Waals surface area contributed by atoms with Gasteiger partial charge >= 0.3 is 5.97 Å². The number of carbonyl (C=O) groups is 2. The molecule has 8 nitrogen and oxygen atoms in total. The lowest BCUT2D eigenvalue weighted by Crippen LogP contribution is -2.53. The van der Waals surface area contributed by atoms with E-state index in [1.807, 2.05) is 60.7 Å². The van der Waals surface area contributed by atoms with Gasteiger partial charge in [0.25, 0.3) is 5.79 Å².